The standard InChI is InChI=1S/C18H13ClN2O3/c1-11-6-8-13(9-7-11)21-17(23)14(16(22)20-18(21)24)10-12-4-2-3-5-15(12)19/h2-10H,1H3,(H,20,22,24)/b14-10+. The maximum atomic E-state index is 12.7. The molecule has 0 spiro atoms. The van der Waals surface area contributed by atoms with Crippen LogP contribution in [-0.2, 0) is 9.59 Å². The molecule has 1 saturated heterocycles. The first-order valence-electron chi connectivity index (χ1n) is 7.20. The lowest BCUT2D eigenvalue weighted by atomic mass is 10.1. The van der Waals surface area contributed by atoms with E-state index in [2.05, 4.69) is 5.32 Å². The molecule has 0 bridgehead atoms. The summed E-state index contributed by atoms with van der Waals surface area (Å²) in [7, 11) is 0. The molecule has 0 atom stereocenters. The van der Waals surface area contributed by atoms with Gasteiger partial charge in [0.25, 0.3) is 11.8 Å². The van der Waals surface area contributed by atoms with Crippen molar-refractivity contribution in [1.29, 1.82) is 0 Å². The smallest absolute Gasteiger partial charge is 0.273 e. The highest BCUT2D eigenvalue weighted by molar-refractivity contribution is 6.39. The number of nitrogens with zero attached hydrogens (tertiary/aromatic N) is 1. The number of carbonyl (C=O) groups excluding carboxylic acids is 3. The third kappa shape index (κ3) is 2.94. The summed E-state index contributed by atoms with van der Waals surface area (Å²) in [5.74, 6) is -1.43. The van der Waals surface area contributed by atoms with Gasteiger partial charge in [-0.25, -0.2) is 9.69 Å². The largest absolute Gasteiger partial charge is 0.335 e. The number of urea groups is 1. The van der Waals surface area contributed by atoms with E-state index >= 15 is 0 Å². The summed E-state index contributed by atoms with van der Waals surface area (Å²) < 4.78 is 0. The van der Waals surface area contributed by atoms with Gasteiger partial charge in [0.1, 0.15) is 5.57 Å². The predicted molar refractivity (Wildman–Crippen MR) is 91.6 cm³/mol. The van der Waals surface area contributed by atoms with Gasteiger partial charge in [0.15, 0.2) is 0 Å². The number of carbonyl (C=O) groups is 3. The zero-order chi connectivity index (χ0) is 17.3. The molecular formula is C18H13ClN2O3. The van der Waals surface area contributed by atoms with Crippen molar-refractivity contribution in [2.75, 3.05) is 4.90 Å². The molecule has 1 N–H and O–H groups in total. The maximum absolute atomic E-state index is 12.7. The molecule has 1 aliphatic rings. The minimum absolute atomic E-state index is 0.150. The van der Waals surface area contributed by atoms with Gasteiger partial charge < -0.3 is 0 Å². The molecule has 0 aliphatic carbocycles. The van der Waals surface area contributed by atoms with Gasteiger partial charge in [-0.2, -0.15) is 0 Å². The van der Waals surface area contributed by atoms with Crippen molar-refractivity contribution < 1.29 is 14.4 Å². The second-order valence-corrected chi connectivity index (χ2v) is 5.72. The Morgan fingerprint density at radius 3 is 2.33 bits per heavy atom. The molecule has 1 heterocycles. The van der Waals surface area contributed by atoms with Crippen LogP contribution in [0.5, 0.6) is 0 Å². The fourth-order valence-electron chi connectivity index (χ4n) is 2.33. The van der Waals surface area contributed by atoms with E-state index < -0.39 is 17.8 Å². The number of hydrogen-bond acceptors (Lipinski definition) is 3. The van der Waals surface area contributed by atoms with E-state index in [0.717, 1.165) is 10.5 Å². The van der Waals surface area contributed by atoms with Gasteiger partial charge in [-0.15, -0.1) is 0 Å². The molecule has 0 saturated carbocycles. The number of anilines is 1. The monoisotopic (exact) mass is 340 g/mol. The zero-order valence-electron chi connectivity index (χ0n) is 12.7. The molecule has 0 aromatic heterocycles. The molecule has 24 heavy (non-hydrogen) atoms. The lowest BCUT2D eigenvalue weighted by molar-refractivity contribution is -0.122. The first kappa shape index (κ1) is 16.0. The van der Waals surface area contributed by atoms with Crippen LogP contribution in [0.15, 0.2) is 54.1 Å². The van der Waals surface area contributed by atoms with E-state index in [1.165, 1.54) is 6.08 Å². The van der Waals surface area contributed by atoms with Crippen molar-refractivity contribution in [2.24, 2.45) is 0 Å². The minimum Gasteiger partial charge on any atom is -0.273 e. The van der Waals surface area contributed by atoms with Crippen molar-refractivity contribution in [3.05, 3.63) is 70.3 Å². The Balaban J connectivity index is 2.03. The molecule has 3 rings (SSSR count). The zero-order valence-corrected chi connectivity index (χ0v) is 13.5. The van der Waals surface area contributed by atoms with E-state index in [1.54, 1.807) is 48.5 Å². The first-order valence-corrected chi connectivity index (χ1v) is 7.58. The number of rotatable bonds is 2. The Labute approximate surface area is 143 Å². The van der Waals surface area contributed by atoms with Crippen LogP contribution in [0.25, 0.3) is 6.08 Å². The van der Waals surface area contributed by atoms with Crippen LogP contribution in [0.4, 0.5) is 10.5 Å². The number of benzene rings is 2. The molecule has 0 radical (unpaired) electrons. The van der Waals surface area contributed by atoms with Crippen LogP contribution in [0.3, 0.4) is 0 Å². The number of amides is 4. The fourth-order valence-corrected chi connectivity index (χ4v) is 2.52. The molecule has 2 aromatic rings. The molecule has 1 fully saturated rings. The highest BCUT2D eigenvalue weighted by Crippen LogP contribution is 2.24. The molecule has 1 aliphatic heterocycles. The molecule has 6 heteroatoms. The van der Waals surface area contributed by atoms with E-state index in [0.29, 0.717) is 16.3 Å². The summed E-state index contributed by atoms with van der Waals surface area (Å²) >= 11 is 6.07. The Morgan fingerprint density at radius 1 is 1.00 bits per heavy atom. The van der Waals surface area contributed by atoms with E-state index in [-0.39, 0.29) is 5.57 Å². The molecule has 120 valence electrons. The second-order valence-electron chi connectivity index (χ2n) is 5.31. The molecule has 2 aromatic carbocycles. The van der Waals surface area contributed by atoms with E-state index in [1.807, 2.05) is 6.92 Å². The highest BCUT2D eigenvalue weighted by Gasteiger charge is 2.36. The maximum Gasteiger partial charge on any atom is 0.335 e. The Hall–Kier alpha value is -2.92. The Bertz CT molecular complexity index is 872. The number of aryl methyl sites for hydroxylation is 1. The van der Waals surface area contributed by atoms with Gasteiger partial charge in [0.05, 0.1) is 5.69 Å². The topological polar surface area (TPSA) is 66.5 Å². The van der Waals surface area contributed by atoms with Crippen molar-refractivity contribution in [1.82, 2.24) is 5.32 Å². The van der Waals surface area contributed by atoms with Crippen LogP contribution in [0, 0.1) is 6.92 Å². The molecule has 4 amide bonds. The average Bonchev–Trinajstić information content (AvgIpc) is 2.54. The predicted octanol–water partition coefficient (Wildman–Crippen LogP) is 3.31. The quantitative estimate of drug-likeness (QED) is 0.673. The highest BCUT2D eigenvalue weighted by atomic mass is 35.5. The number of barbiturate groups is 1. The summed E-state index contributed by atoms with van der Waals surface area (Å²) in [4.78, 5) is 37.8. The summed E-state index contributed by atoms with van der Waals surface area (Å²) in [6, 6.07) is 12.9. The van der Waals surface area contributed by atoms with Gasteiger partial charge in [-0.3, -0.25) is 14.9 Å². The SMILES string of the molecule is Cc1ccc(N2C(=O)NC(=O)/C(=C\c3ccccc3Cl)C2=O)cc1. The third-order valence-electron chi connectivity index (χ3n) is 3.60. The average molecular weight is 341 g/mol. The number of hydrogen-bond donors (Lipinski definition) is 1. The summed E-state index contributed by atoms with van der Waals surface area (Å²) in [6.07, 6.45) is 1.38. The first-order chi connectivity index (χ1) is 11.5. The van der Waals surface area contributed by atoms with Crippen molar-refractivity contribution >= 4 is 41.2 Å². The Kier molecular flexibility index (Phi) is 4.18. The molecule has 0 unspecified atom stereocenters. The number of nitrogens with one attached hydrogen (secondary N) is 1. The molecular weight excluding hydrogens is 328 g/mol. The van der Waals surface area contributed by atoms with E-state index in [9.17, 15) is 14.4 Å². The van der Waals surface area contributed by atoms with E-state index in [4.69, 9.17) is 11.6 Å². The fraction of sp³-hybridized carbons (Fsp3) is 0.0556. The lowest BCUT2D eigenvalue weighted by Gasteiger charge is -2.26. The Morgan fingerprint density at radius 2 is 1.67 bits per heavy atom. The van der Waals surface area contributed by atoms with Crippen molar-refractivity contribution in [2.45, 2.75) is 6.92 Å². The van der Waals surface area contributed by atoms with Crippen LogP contribution >= 0.6 is 11.6 Å². The van der Waals surface area contributed by atoms with Crippen LogP contribution in [-0.4, -0.2) is 17.8 Å². The van der Waals surface area contributed by atoms with Gasteiger partial charge in [0.2, 0.25) is 0 Å². The molecule has 5 nitrogen and oxygen atoms in total. The van der Waals surface area contributed by atoms with Crippen LogP contribution in [0.2, 0.25) is 5.02 Å². The number of imide groups is 2. The van der Waals surface area contributed by atoms with Gasteiger partial charge in [-0.1, -0.05) is 47.5 Å². The van der Waals surface area contributed by atoms with Crippen LogP contribution in [0.1, 0.15) is 11.1 Å². The van der Waals surface area contributed by atoms with Gasteiger partial charge in [0, 0.05) is 5.02 Å². The third-order valence-corrected chi connectivity index (χ3v) is 3.94. The van der Waals surface area contributed by atoms with Crippen molar-refractivity contribution in [3.63, 3.8) is 0 Å². The summed E-state index contributed by atoms with van der Waals surface area (Å²) in [6.45, 7) is 1.90. The summed E-state index contributed by atoms with van der Waals surface area (Å²) in [5.41, 5.74) is 1.76. The minimum atomic E-state index is -0.773. The second kappa shape index (κ2) is 6.29. The lowest BCUT2D eigenvalue weighted by Crippen LogP contribution is -2.54. The summed E-state index contributed by atoms with van der Waals surface area (Å²) in [5, 5.41) is 2.59. The number of halogens is 1. The van der Waals surface area contributed by atoms with Gasteiger partial charge >= 0.3 is 6.03 Å². The van der Waals surface area contributed by atoms with Crippen molar-refractivity contribution in [3.8, 4) is 0 Å². The van der Waals surface area contributed by atoms with Crippen LogP contribution < -0.4 is 10.2 Å². The normalized spacial score (nSPS) is 16.5. The van der Waals surface area contributed by atoms with Gasteiger partial charge in [-0.05, 0) is 36.8 Å².